The Kier molecular flexibility index (Phi) is 9.78. The van der Waals surface area contributed by atoms with Crippen LogP contribution in [-0.2, 0) is 5.41 Å². The highest BCUT2D eigenvalue weighted by Crippen LogP contribution is 2.52. The fourth-order valence-corrected chi connectivity index (χ4v) is 12.4. The van der Waals surface area contributed by atoms with Gasteiger partial charge in [-0.1, -0.05) is 166 Å². The summed E-state index contributed by atoms with van der Waals surface area (Å²) in [4.78, 5) is 2.45. The first-order valence-electron chi connectivity index (χ1n) is 23.7. The van der Waals surface area contributed by atoms with Gasteiger partial charge >= 0.3 is 0 Å². The lowest BCUT2D eigenvalue weighted by Gasteiger charge is -2.47. The normalized spacial score (nSPS) is 19.4. The van der Waals surface area contributed by atoms with Crippen LogP contribution in [0.4, 0.5) is 17.1 Å². The van der Waals surface area contributed by atoms with Crippen LogP contribution in [0.3, 0.4) is 0 Å². The van der Waals surface area contributed by atoms with Crippen LogP contribution in [0.15, 0.2) is 212 Å². The molecule has 2 aliphatic rings. The molecule has 2 saturated carbocycles. The number of hydrogen-bond donors (Lipinski definition) is 0. The Morgan fingerprint density at radius 2 is 0.969 bits per heavy atom. The van der Waals surface area contributed by atoms with E-state index < -0.39 is 0 Å². The standard InChI is InChI=1S/C63H54N2/c1-43-36-44-38-45(37-43)42-63(2,41-44)51-30-34-53(35-31-51)64(52-32-28-47(29-33-52)57-25-13-17-48-16-12-24-56(62(48)57)46-14-4-3-5-15-46)54-20-10-18-49(39-54)50-19-11-21-55(40-50)65-60-26-8-6-22-58(60)59-23-7-9-27-61(59)65/h3-35,39-40,43-45H,36-38,41-42H2,1-2H3. The maximum atomic E-state index is 2.54. The van der Waals surface area contributed by atoms with E-state index in [1.165, 1.54) is 109 Å². The molecule has 12 rings (SSSR count). The first-order valence-corrected chi connectivity index (χ1v) is 23.7. The van der Waals surface area contributed by atoms with Gasteiger partial charge in [0.15, 0.2) is 0 Å². The van der Waals surface area contributed by atoms with Gasteiger partial charge in [-0.15, -0.1) is 0 Å². The Bertz CT molecular complexity index is 3260. The fraction of sp³-hybridized carbons (Fsp3) is 0.175. The van der Waals surface area contributed by atoms with E-state index in [-0.39, 0.29) is 5.41 Å². The van der Waals surface area contributed by atoms with Crippen molar-refractivity contribution in [2.24, 2.45) is 17.8 Å². The molecular formula is C63H54N2. The minimum atomic E-state index is 0.219. The van der Waals surface area contributed by atoms with E-state index in [0.29, 0.717) is 0 Å². The average molecular weight is 839 g/mol. The molecule has 1 aromatic heterocycles. The molecule has 2 nitrogen and oxygen atoms in total. The molecular weight excluding hydrogens is 785 g/mol. The van der Waals surface area contributed by atoms with E-state index >= 15 is 0 Å². The number of rotatable bonds is 8. The molecule has 9 aromatic carbocycles. The second kappa shape index (κ2) is 16.1. The molecule has 0 saturated heterocycles. The van der Waals surface area contributed by atoms with Crippen molar-refractivity contribution < 1.29 is 0 Å². The maximum Gasteiger partial charge on any atom is 0.0541 e. The zero-order valence-corrected chi connectivity index (χ0v) is 37.4. The van der Waals surface area contributed by atoms with E-state index in [0.717, 1.165) is 34.8 Å². The van der Waals surface area contributed by atoms with E-state index in [1.807, 2.05) is 0 Å². The molecule has 0 aliphatic heterocycles. The van der Waals surface area contributed by atoms with E-state index in [4.69, 9.17) is 0 Å². The lowest BCUT2D eigenvalue weighted by atomic mass is 9.57. The van der Waals surface area contributed by atoms with Gasteiger partial charge < -0.3 is 9.47 Å². The first-order chi connectivity index (χ1) is 32.0. The third-order valence-electron chi connectivity index (χ3n) is 15.0. The van der Waals surface area contributed by atoms with Gasteiger partial charge in [0.05, 0.1) is 11.0 Å². The molecule has 2 atom stereocenters. The molecule has 2 unspecified atom stereocenters. The third-order valence-corrected chi connectivity index (χ3v) is 15.0. The molecule has 0 radical (unpaired) electrons. The van der Waals surface area contributed by atoms with Crippen LogP contribution < -0.4 is 4.90 Å². The predicted octanol–water partition coefficient (Wildman–Crippen LogP) is 17.5. The second-order valence-corrected chi connectivity index (χ2v) is 19.5. The largest absolute Gasteiger partial charge is 0.310 e. The number of hydrogen-bond acceptors (Lipinski definition) is 1. The quantitative estimate of drug-likeness (QED) is 0.148. The number of nitrogens with zero attached hydrogens (tertiary/aromatic N) is 2. The van der Waals surface area contributed by atoms with Crippen LogP contribution in [0.1, 0.15) is 51.5 Å². The molecule has 10 aromatic rings. The second-order valence-electron chi connectivity index (χ2n) is 19.5. The van der Waals surface area contributed by atoms with E-state index in [2.05, 4.69) is 236 Å². The zero-order valence-electron chi connectivity index (χ0n) is 37.4. The minimum absolute atomic E-state index is 0.219. The molecule has 2 bridgehead atoms. The van der Waals surface area contributed by atoms with Crippen molar-refractivity contribution in [3.8, 4) is 39.1 Å². The van der Waals surface area contributed by atoms with Gasteiger partial charge in [0.1, 0.15) is 0 Å². The van der Waals surface area contributed by atoms with Crippen molar-refractivity contribution in [1.29, 1.82) is 0 Å². The summed E-state index contributed by atoms with van der Waals surface area (Å²) < 4.78 is 2.41. The van der Waals surface area contributed by atoms with Crippen molar-refractivity contribution >= 4 is 49.6 Å². The van der Waals surface area contributed by atoms with Gasteiger partial charge in [-0.05, 0) is 166 Å². The van der Waals surface area contributed by atoms with Crippen molar-refractivity contribution in [3.05, 3.63) is 218 Å². The predicted molar refractivity (Wildman–Crippen MR) is 276 cm³/mol. The molecule has 1 heterocycles. The molecule has 0 N–H and O–H groups in total. The number of aromatic nitrogens is 1. The first kappa shape index (κ1) is 39.4. The van der Waals surface area contributed by atoms with Crippen molar-refractivity contribution in [2.75, 3.05) is 4.90 Å². The van der Waals surface area contributed by atoms with Crippen LogP contribution in [-0.4, -0.2) is 4.57 Å². The average Bonchev–Trinajstić information content (AvgIpc) is 3.68. The van der Waals surface area contributed by atoms with Gasteiger partial charge in [-0.25, -0.2) is 0 Å². The van der Waals surface area contributed by atoms with Crippen molar-refractivity contribution in [2.45, 2.75) is 51.4 Å². The highest BCUT2D eigenvalue weighted by Gasteiger charge is 2.41. The Morgan fingerprint density at radius 1 is 0.446 bits per heavy atom. The van der Waals surface area contributed by atoms with Crippen LogP contribution in [0.5, 0.6) is 0 Å². The van der Waals surface area contributed by atoms with E-state index in [9.17, 15) is 0 Å². The lowest BCUT2D eigenvalue weighted by molar-refractivity contribution is 0.0899. The molecule has 2 aliphatic carbocycles. The summed E-state index contributed by atoms with van der Waals surface area (Å²) in [5.74, 6) is 2.56. The number of anilines is 3. The molecule has 2 heteroatoms. The zero-order chi connectivity index (χ0) is 43.5. The summed E-state index contributed by atoms with van der Waals surface area (Å²) in [5, 5.41) is 5.08. The topological polar surface area (TPSA) is 8.17 Å². The third kappa shape index (κ3) is 7.13. The minimum Gasteiger partial charge on any atom is -0.310 e. The summed E-state index contributed by atoms with van der Waals surface area (Å²) in [7, 11) is 0. The van der Waals surface area contributed by atoms with Gasteiger partial charge in [0.25, 0.3) is 0 Å². The molecule has 65 heavy (non-hydrogen) atoms. The molecule has 316 valence electrons. The summed E-state index contributed by atoms with van der Waals surface area (Å²) >= 11 is 0. The van der Waals surface area contributed by atoms with Gasteiger partial charge in [0.2, 0.25) is 0 Å². The molecule has 0 spiro atoms. The highest BCUT2D eigenvalue weighted by molar-refractivity contribution is 6.09. The number of benzene rings is 9. The number of para-hydroxylation sites is 2. The van der Waals surface area contributed by atoms with Crippen LogP contribution in [0.25, 0.3) is 71.6 Å². The van der Waals surface area contributed by atoms with Crippen molar-refractivity contribution in [1.82, 2.24) is 4.57 Å². The Morgan fingerprint density at radius 3 is 1.62 bits per heavy atom. The van der Waals surface area contributed by atoms with Crippen LogP contribution >= 0.6 is 0 Å². The Hall–Kier alpha value is -7.16. The summed E-state index contributed by atoms with van der Waals surface area (Å²) in [5.41, 5.74) is 16.1. The number of fused-ring (bicyclic) bond motifs is 6. The highest BCUT2D eigenvalue weighted by atomic mass is 15.1. The monoisotopic (exact) mass is 838 g/mol. The van der Waals surface area contributed by atoms with Gasteiger partial charge in [-0.2, -0.15) is 0 Å². The summed E-state index contributed by atoms with van der Waals surface area (Å²) in [6.07, 6.45) is 6.80. The van der Waals surface area contributed by atoms with Crippen LogP contribution in [0.2, 0.25) is 0 Å². The lowest BCUT2D eigenvalue weighted by Crippen LogP contribution is -2.38. The summed E-state index contributed by atoms with van der Waals surface area (Å²) in [6.45, 7) is 5.01. The SMILES string of the molecule is CC1CC2CC(C1)CC(C)(c1ccc(N(c3ccc(-c4cccc5cccc(-c6ccccc6)c45)cc3)c3cccc(-c4cccc(-n5c6ccccc6c6ccccc65)c4)c3)cc1)C2. The smallest absolute Gasteiger partial charge is 0.0541 e. The maximum absolute atomic E-state index is 2.54. The van der Waals surface area contributed by atoms with Gasteiger partial charge in [-0.3, -0.25) is 0 Å². The van der Waals surface area contributed by atoms with Crippen LogP contribution in [0, 0.1) is 17.8 Å². The molecule has 0 amide bonds. The Labute approximate surface area is 383 Å². The van der Waals surface area contributed by atoms with E-state index in [1.54, 1.807) is 0 Å². The van der Waals surface area contributed by atoms with Gasteiger partial charge in [0, 0.05) is 33.5 Å². The fourth-order valence-electron chi connectivity index (χ4n) is 12.4. The van der Waals surface area contributed by atoms with Crippen molar-refractivity contribution in [3.63, 3.8) is 0 Å². The summed E-state index contributed by atoms with van der Waals surface area (Å²) in [6, 6.07) is 78.7. The Balaban J connectivity index is 0.949. The molecule has 2 fully saturated rings.